The molecule has 0 aliphatic rings. The molecule has 0 bridgehead atoms. The number of benzene rings is 1. The van der Waals surface area contributed by atoms with Crippen LogP contribution in [0.2, 0.25) is 0 Å². The summed E-state index contributed by atoms with van der Waals surface area (Å²) in [5.41, 5.74) is 0.630. The molecule has 0 N–H and O–H groups in total. The van der Waals surface area contributed by atoms with Crippen molar-refractivity contribution in [3.63, 3.8) is 0 Å². The molecule has 1 atom stereocenters. The van der Waals surface area contributed by atoms with E-state index in [2.05, 4.69) is 9.72 Å². The van der Waals surface area contributed by atoms with Gasteiger partial charge in [0, 0.05) is 23.1 Å². The second-order valence-electron chi connectivity index (χ2n) is 5.29. The van der Waals surface area contributed by atoms with Crippen molar-refractivity contribution in [1.82, 2.24) is 9.55 Å². The van der Waals surface area contributed by atoms with Crippen molar-refractivity contribution < 1.29 is 14.5 Å². The number of carbonyl (C=O) groups is 1. The predicted octanol–water partition coefficient (Wildman–Crippen LogP) is 2.77. The van der Waals surface area contributed by atoms with Crippen molar-refractivity contribution in [2.75, 3.05) is 7.11 Å². The Morgan fingerprint density at radius 1 is 1.44 bits per heavy atom. The second-order valence-corrected chi connectivity index (χ2v) is 6.15. The van der Waals surface area contributed by atoms with Crippen molar-refractivity contribution in [3.05, 3.63) is 56.4 Å². The van der Waals surface area contributed by atoms with Gasteiger partial charge in [0.25, 0.3) is 11.2 Å². The van der Waals surface area contributed by atoms with Gasteiger partial charge in [0.15, 0.2) is 0 Å². The lowest BCUT2D eigenvalue weighted by atomic mass is 10.1. The number of nitrogens with zero attached hydrogens (tertiary/aromatic N) is 3. The Labute approximate surface area is 145 Å². The number of nitro groups is 1. The molecule has 0 saturated heterocycles. The van der Waals surface area contributed by atoms with E-state index in [1.807, 2.05) is 0 Å². The number of aromatic nitrogens is 2. The van der Waals surface area contributed by atoms with Crippen LogP contribution >= 0.6 is 11.3 Å². The Kier molecular flexibility index (Phi) is 4.32. The Morgan fingerprint density at radius 2 is 2.20 bits per heavy atom. The van der Waals surface area contributed by atoms with Gasteiger partial charge in [-0.05, 0) is 12.5 Å². The largest absolute Gasteiger partial charge is 0.467 e. The highest BCUT2D eigenvalue weighted by Gasteiger charge is 2.21. The van der Waals surface area contributed by atoms with Crippen LogP contribution in [0.15, 0.2) is 40.8 Å². The summed E-state index contributed by atoms with van der Waals surface area (Å²) in [6, 6.07) is 5.21. The molecule has 0 saturated carbocycles. The van der Waals surface area contributed by atoms with Gasteiger partial charge in [-0.15, -0.1) is 11.3 Å². The first kappa shape index (κ1) is 16.8. The molecule has 2 heterocycles. The first-order chi connectivity index (χ1) is 11.9. The zero-order valence-electron chi connectivity index (χ0n) is 13.3. The van der Waals surface area contributed by atoms with E-state index in [9.17, 15) is 19.7 Å². The number of thiophene rings is 1. The molecule has 0 aliphatic carbocycles. The first-order valence-corrected chi connectivity index (χ1v) is 8.13. The van der Waals surface area contributed by atoms with E-state index in [0.29, 0.717) is 21.3 Å². The lowest BCUT2D eigenvalue weighted by molar-refractivity contribution is -0.384. The zero-order chi connectivity index (χ0) is 18.1. The smallest absolute Gasteiger partial charge is 0.328 e. The number of non-ortho nitro benzene ring substituents is 1. The molecule has 0 fully saturated rings. The number of ether oxygens (including phenoxy) is 1. The van der Waals surface area contributed by atoms with Crippen LogP contribution in [0.4, 0.5) is 5.69 Å². The fraction of sp³-hybridized carbons (Fsp3) is 0.188. The molecule has 128 valence electrons. The third-order valence-electron chi connectivity index (χ3n) is 3.85. The van der Waals surface area contributed by atoms with Crippen LogP contribution in [0.3, 0.4) is 0 Å². The summed E-state index contributed by atoms with van der Waals surface area (Å²) in [6.07, 6.45) is 1.31. The molecule has 1 unspecified atom stereocenters. The monoisotopic (exact) mass is 359 g/mol. The molecule has 3 rings (SSSR count). The predicted molar refractivity (Wildman–Crippen MR) is 92.7 cm³/mol. The van der Waals surface area contributed by atoms with Crippen molar-refractivity contribution in [2.45, 2.75) is 13.0 Å². The van der Waals surface area contributed by atoms with Crippen LogP contribution in [0, 0.1) is 10.1 Å². The van der Waals surface area contributed by atoms with Gasteiger partial charge in [0.1, 0.15) is 10.9 Å². The van der Waals surface area contributed by atoms with Crippen LogP contribution in [-0.2, 0) is 9.53 Å². The Bertz CT molecular complexity index is 1040. The molecule has 0 spiro atoms. The maximum absolute atomic E-state index is 12.9. The molecule has 2 aromatic heterocycles. The number of esters is 1. The summed E-state index contributed by atoms with van der Waals surface area (Å²) < 4.78 is 5.87. The summed E-state index contributed by atoms with van der Waals surface area (Å²) in [6.45, 7) is 1.54. The van der Waals surface area contributed by atoms with Gasteiger partial charge < -0.3 is 4.74 Å². The maximum Gasteiger partial charge on any atom is 0.328 e. The quantitative estimate of drug-likeness (QED) is 0.403. The Morgan fingerprint density at radius 3 is 2.88 bits per heavy atom. The zero-order valence-corrected chi connectivity index (χ0v) is 14.1. The number of fused-ring (bicyclic) bond motifs is 1. The Hall–Kier alpha value is -3.07. The van der Waals surface area contributed by atoms with E-state index in [1.54, 1.807) is 24.4 Å². The SMILES string of the molecule is COC(=O)C(C)n1cnc2scc(-c3cccc([N+](=O)[O-])c3)c2c1=O. The maximum atomic E-state index is 12.9. The van der Waals surface area contributed by atoms with Gasteiger partial charge >= 0.3 is 5.97 Å². The van der Waals surface area contributed by atoms with Gasteiger partial charge in [0.05, 0.1) is 23.7 Å². The molecule has 1 aromatic carbocycles. The van der Waals surface area contributed by atoms with E-state index in [-0.39, 0.29) is 5.69 Å². The average Bonchev–Trinajstić information content (AvgIpc) is 3.06. The summed E-state index contributed by atoms with van der Waals surface area (Å²) in [5.74, 6) is -0.560. The van der Waals surface area contributed by atoms with Crippen LogP contribution in [0.1, 0.15) is 13.0 Å². The minimum Gasteiger partial charge on any atom is -0.467 e. The van der Waals surface area contributed by atoms with Crippen molar-refractivity contribution in [3.8, 4) is 11.1 Å². The fourth-order valence-corrected chi connectivity index (χ4v) is 3.41. The van der Waals surface area contributed by atoms with Gasteiger partial charge in [-0.25, -0.2) is 9.78 Å². The van der Waals surface area contributed by atoms with Crippen LogP contribution in [-0.4, -0.2) is 27.6 Å². The molecule has 9 heteroatoms. The molecule has 0 aliphatic heterocycles. The normalized spacial score (nSPS) is 12.1. The first-order valence-electron chi connectivity index (χ1n) is 7.25. The van der Waals surface area contributed by atoms with Gasteiger partial charge in [-0.3, -0.25) is 19.5 Å². The number of carbonyl (C=O) groups excluding carboxylic acids is 1. The van der Waals surface area contributed by atoms with Crippen molar-refractivity contribution in [2.24, 2.45) is 0 Å². The number of hydrogen-bond donors (Lipinski definition) is 0. The third kappa shape index (κ3) is 2.89. The van der Waals surface area contributed by atoms with E-state index in [4.69, 9.17) is 0 Å². The van der Waals surface area contributed by atoms with E-state index >= 15 is 0 Å². The highest BCUT2D eigenvalue weighted by Crippen LogP contribution is 2.32. The fourth-order valence-electron chi connectivity index (χ4n) is 2.51. The Balaban J connectivity index is 2.21. The molecule has 8 nitrogen and oxygen atoms in total. The van der Waals surface area contributed by atoms with E-state index in [1.165, 1.54) is 41.5 Å². The molecule has 3 aromatic rings. The number of methoxy groups -OCH3 is 1. The molecule has 0 amide bonds. The summed E-state index contributed by atoms with van der Waals surface area (Å²) >= 11 is 1.26. The van der Waals surface area contributed by atoms with Gasteiger partial charge in [-0.2, -0.15) is 0 Å². The molecular weight excluding hydrogens is 346 g/mol. The van der Waals surface area contributed by atoms with E-state index in [0.717, 1.165) is 0 Å². The second kappa shape index (κ2) is 6.44. The highest BCUT2D eigenvalue weighted by atomic mass is 32.1. The minimum atomic E-state index is -0.827. The van der Waals surface area contributed by atoms with Crippen LogP contribution in [0.25, 0.3) is 21.3 Å². The topological polar surface area (TPSA) is 104 Å². The lowest BCUT2D eigenvalue weighted by Crippen LogP contribution is -2.29. The molecule has 0 radical (unpaired) electrons. The highest BCUT2D eigenvalue weighted by molar-refractivity contribution is 7.17. The van der Waals surface area contributed by atoms with Crippen LogP contribution < -0.4 is 5.56 Å². The summed E-state index contributed by atoms with van der Waals surface area (Å²) in [5, 5.41) is 13.0. The average molecular weight is 359 g/mol. The molecular formula is C16H13N3O5S. The summed E-state index contributed by atoms with van der Waals surface area (Å²) in [7, 11) is 1.24. The lowest BCUT2D eigenvalue weighted by Gasteiger charge is -2.12. The van der Waals surface area contributed by atoms with Gasteiger partial charge in [-0.1, -0.05) is 12.1 Å². The van der Waals surface area contributed by atoms with Crippen molar-refractivity contribution >= 4 is 33.2 Å². The summed E-state index contributed by atoms with van der Waals surface area (Å²) in [4.78, 5) is 39.8. The standard InChI is InChI=1S/C16H13N3O5S/c1-9(16(21)24-2)18-8-17-14-13(15(18)20)12(7-25-14)10-4-3-5-11(6-10)19(22)23/h3-9H,1-2H3. The molecule has 25 heavy (non-hydrogen) atoms. The van der Waals surface area contributed by atoms with Crippen molar-refractivity contribution in [1.29, 1.82) is 0 Å². The minimum absolute atomic E-state index is 0.0657. The number of rotatable bonds is 4. The third-order valence-corrected chi connectivity index (χ3v) is 4.73. The number of hydrogen-bond acceptors (Lipinski definition) is 7. The van der Waals surface area contributed by atoms with Gasteiger partial charge in [0.2, 0.25) is 0 Å². The number of nitro benzene ring substituents is 1. The van der Waals surface area contributed by atoms with E-state index < -0.39 is 22.5 Å². The van der Waals surface area contributed by atoms with Crippen LogP contribution in [0.5, 0.6) is 0 Å².